The zero-order chi connectivity index (χ0) is 13.8. The van der Waals surface area contributed by atoms with Crippen LogP contribution in [0, 0.1) is 5.92 Å². The number of nitrogens with zero attached hydrogens (tertiary/aromatic N) is 1. The molecule has 0 saturated heterocycles. The lowest BCUT2D eigenvalue weighted by molar-refractivity contribution is -0.151. The van der Waals surface area contributed by atoms with Crippen LogP contribution in [-0.4, -0.2) is 43.6 Å². The molecule has 106 valence electrons. The number of carbonyl (C=O) groups is 2. The largest absolute Gasteiger partial charge is 0.499 e. The first-order valence-corrected chi connectivity index (χ1v) is 6.78. The number of esters is 1. The Balaban J connectivity index is 2.05. The van der Waals surface area contributed by atoms with Gasteiger partial charge in [-0.1, -0.05) is 25.7 Å². The van der Waals surface area contributed by atoms with E-state index in [2.05, 4.69) is 0 Å². The summed E-state index contributed by atoms with van der Waals surface area (Å²) in [4.78, 5) is 25.4. The molecule has 1 unspecified atom stereocenters. The van der Waals surface area contributed by atoms with E-state index >= 15 is 0 Å². The van der Waals surface area contributed by atoms with E-state index < -0.39 is 6.04 Å². The Bertz CT molecular complexity index is 385. The number of methoxy groups -OCH3 is 2. The standard InChI is InChI=1S/C14H21NO4/c1-18-11-8-13(16)15(9-11)12(14(17)19-2)7-10-5-3-4-6-10/h8,10,12H,3-7,9H2,1-2H3. The van der Waals surface area contributed by atoms with Gasteiger partial charge in [-0.2, -0.15) is 0 Å². The fourth-order valence-corrected chi connectivity index (χ4v) is 2.95. The van der Waals surface area contributed by atoms with E-state index in [1.807, 2.05) is 0 Å². The number of ether oxygens (including phenoxy) is 2. The van der Waals surface area contributed by atoms with Crippen LogP contribution < -0.4 is 0 Å². The van der Waals surface area contributed by atoms with E-state index in [1.165, 1.54) is 33.1 Å². The topological polar surface area (TPSA) is 55.8 Å². The number of hydrogen-bond donors (Lipinski definition) is 0. The summed E-state index contributed by atoms with van der Waals surface area (Å²) in [5.74, 6) is 0.630. The fraction of sp³-hybridized carbons (Fsp3) is 0.714. The van der Waals surface area contributed by atoms with Gasteiger partial charge in [-0.05, 0) is 12.3 Å². The molecule has 5 nitrogen and oxygen atoms in total. The monoisotopic (exact) mass is 267 g/mol. The van der Waals surface area contributed by atoms with Gasteiger partial charge in [0.05, 0.1) is 20.8 Å². The summed E-state index contributed by atoms with van der Waals surface area (Å²) in [6, 6.07) is -0.482. The van der Waals surface area contributed by atoms with Crippen molar-refractivity contribution in [1.29, 1.82) is 0 Å². The Morgan fingerprint density at radius 2 is 2.11 bits per heavy atom. The second-order valence-electron chi connectivity index (χ2n) is 5.21. The third-order valence-corrected chi connectivity index (χ3v) is 4.04. The molecular formula is C14H21NO4. The van der Waals surface area contributed by atoms with Crippen LogP contribution in [0.4, 0.5) is 0 Å². The summed E-state index contributed by atoms with van der Waals surface area (Å²) in [6.07, 6.45) is 6.86. The van der Waals surface area contributed by atoms with E-state index in [4.69, 9.17) is 9.47 Å². The summed E-state index contributed by atoms with van der Waals surface area (Å²) in [5.41, 5.74) is 0. The van der Waals surface area contributed by atoms with Crippen molar-refractivity contribution >= 4 is 11.9 Å². The number of rotatable bonds is 5. The Morgan fingerprint density at radius 3 is 2.63 bits per heavy atom. The molecule has 1 amide bonds. The molecule has 2 rings (SSSR count). The zero-order valence-electron chi connectivity index (χ0n) is 11.6. The summed E-state index contributed by atoms with van der Waals surface area (Å²) < 4.78 is 9.95. The lowest BCUT2D eigenvalue weighted by Gasteiger charge is -2.27. The first-order chi connectivity index (χ1) is 9.15. The molecule has 0 spiro atoms. The van der Waals surface area contributed by atoms with Crippen molar-refractivity contribution in [2.45, 2.75) is 38.1 Å². The van der Waals surface area contributed by atoms with Gasteiger partial charge in [0.15, 0.2) is 0 Å². The van der Waals surface area contributed by atoms with Gasteiger partial charge >= 0.3 is 5.97 Å². The quantitative estimate of drug-likeness (QED) is 0.708. The maximum absolute atomic E-state index is 11.9. The molecule has 1 saturated carbocycles. The number of amides is 1. The highest BCUT2D eigenvalue weighted by Gasteiger charge is 2.36. The van der Waals surface area contributed by atoms with Crippen molar-refractivity contribution in [3.8, 4) is 0 Å². The van der Waals surface area contributed by atoms with Gasteiger partial charge in [-0.25, -0.2) is 4.79 Å². The minimum atomic E-state index is -0.482. The Kier molecular flexibility index (Phi) is 4.45. The van der Waals surface area contributed by atoms with Gasteiger partial charge in [0, 0.05) is 6.08 Å². The van der Waals surface area contributed by atoms with Gasteiger partial charge < -0.3 is 14.4 Å². The fourth-order valence-electron chi connectivity index (χ4n) is 2.95. The predicted octanol–water partition coefficient (Wildman–Crippen LogP) is 1.48. The molecule has 19 heavy (non-hydrogen) atoms. The Hall–Kier alpha value is -1.52. The molecular weight excluding hydrogens is 246 g/mol. The van der Waals surface area contributed by atoms with Crippen molar-refractivity contribution < 1.29 is 19.1 Å². The number of carbonyl (C=O) groups excluding carboxylic acids is 2. The average Bonchev–Trinajstić information content (AvgIpc) is 3.04. The number of hydrogen-bond acceptors (Lipinski definition) is 4. The van der Waals surface area contributed by atoms with Gasteiger partial charge in [-0.3, -0.25) is 4.79 Å². The molecule has 0 N–H and O–H groups in total. The summed E-state index contributed by atoms with van der Waals surface area (Å²) in [7, 11) is 2.90. The lowest BCUT2D eigenvalue weighted by atomic mass is 9.97. The van der Waals surface area contributed by atoms with Crippen LogP contribution in [0.2, 0.25) is 0 Å². The van der Waals surface area contributed by atoms with Crippen LogP contribution >= 0.6 is 0 Å². The minimum Gasteiger partial charge on any atom is -0.499 e. The second-order valence-corrected chi connectivity index (χ2v) is 5.21. The van der Waals surface area contributed by atoms with E-state index in [1.54, 1.807) is 4.90 Å². The average molecular weight is 267 g/mol. The maximum atomic E-state index is 11.9. The van der Waals surface area contributed by atoms with Gasteiger partial charge in [0.1, 0.15) is 11.8 Å². The first-order valence-electron chi connectivity index (χ1n) is 6.78. The van der Waals surface area contributed by atoms with Crippen LogP contribution in [0.1, 0.15) is 32.1 Å². The maximum Gasteiger partial charge on any atom is 0.328 e. The Labute approximate surface area is 113 Å². The van der Waals surface area contributed by atoms with Crippen molar-refractivity contribution in [2.24, 2.45) is 5.92 Å². The van der Waals surface area contributed by atoms with Gasteiger partial charge in [-0.15, -0.1) is 0 Å². The molecule has 2 aliphatic rings. The zero-order valence-corrected chi connectivity index (χ0v) is 11.6. The summed E-state index contributed by atoms with van der Waals surface area (Å²) in [5, 5.41) is 0. The van der Waals surface area contributed by atoms with Crippen molar-refractivity contribution in [2.75, 3.05) is 20.8 Å². The third kappa shape index (κ3) is 3.08. The second kappa shape index (κ2) is 6.08. The molecule has 5 heteroatoms. The van der Waals surface area contributed by atoms with Gasteiger partial charge in [0.2, 0.25) is 0 Å². The molecule has 1 heterocycles. The van der Waals surface area contributed by atoms with Crippen molar-refractivity contribution in [1.82, 2.24) is 4.90 Å². The smallest absolute Gasteiger partial charge is 0.328 e. The molecule has 0 radical (unpaired) electrons. The molecule has 0 aromatic carbocycles. The van der Waals surface area contributed by atoms with Crippen molar-refractivity contribution in [3.63, 3.8) is 0 Å². The molecule has 1 aliphatic heterocycles. The molecule has 0 aromatic heterocycles. The SMILES string of the molecule is COC(=O)C(CC1CCCC1)N1CC(OC)=CC1=O. The van der Waals surface area contributed by atoms with E-state index in [-0.39, 0.29) is 11.9 Å². The normalized spacial score (nSPS) is 21.5. The molecule has 1 atom stereocenters. The van der Waals surface area contributed by atoms with Gasteiger partial charge in [0.25, 0.3) is 5.91 Å². The minimum absolute atomic E-state index is 0.162. The van der Waals surface area contributed by atoms with Crippen LogP contribution in [0.3, 0.4) is 0 Å². The first kappa shape index (κ1) is 13.9. The third-order valence-electron chi connectivity index (χ3n) is 4.04. The highest BCUT2D eigenvalue weighted by Crippen LogP contribution is 2.31. The van der Waals surface area contributed by atoms with Crippen molar-refractivity contribution in [3.05, 3.63) is 11.8 Å². The van der Waals surface area contributed by atoms with E-state index in [9.17, 15) is 9.59 Å². The lowest BCUT2D eigenvalue weighted by Crippen LogP contribution is -2.44. The highest BCUT2D eigenvalue weighted by molar-refractivity contribution is 5.94. The molecule has 1 aliphatic carbocycles. The summed E-state index contributed by atoms with van der Waals surface area (Å²) in [6.45, 7) is 0.363. The van der Waals surface area contributed by atoms with Crippen LogP contribution in [0.15, 0.2) is 11.8 Å². The molecule has 0 bridgehead atoms. The van der Waals surface area contributed by atoms with E-state index in [0.29, 0.717) is 24.6 Å². The predicted molar refractivity (Wildman–Crippen MR) is 69.2 cm³/mol. The Morgan fingerprint density at radius 1 is 1.42 bits per heavy atom. The van der Waals surface area contributed by atoms with Crippen LogP contribution in [-0.2, 0) is 19.1 Å². The van der Waals surface area contributed by atoms with E-state index in [0.717, 1.165) is 12.8 Å². The van der Waals surface area contributed by atoms with Crippen LogP contribution in [0.5, 0.6) is 0 Å². The summed E-state index contributed by atoms with van der Waals surface area (Å²) >= 11 is 0. The molecule has 0 aromatic rings. The van der Waals surface area contributed by atoms with Crippen LogP contribution in [0.25, 0.3) is 0 Å². The molecule has 1 fully saturated rings. The highest BCUT2D eigenvalue weighted by atomic mass is 16.5.